The van der Waals surface area contributed by atoms with Crippen LogP contribution in [0.2, 0.25) is 0 Å². The predicted octanol–water partition coefficient (Wildman–Crippen LogP) is 4.17. The topological polar surface area (TPSA) is 99.6 Å². The molecule has 1 unspecified atom stereocenters. The number of fused-ring (bicyclic) bond motifs is 2. The molecule has 9 heteroatoms. The van der Waals surface area contributed by atoms with Crippen LogP contribution in [-0.4, -0.2) is 77.8 Å². The standard InChI is InChI=1S/C38H39N3O6/c1-3-37-20-10-22-39(27-14-8-5-9-15-27)34(43)31(37)32-35(44)41(29(25-42)24-26-12-6-4-7-13-26)33-36(45)40(23-11-21-38(32,33)47-37)28-16-18-30(46-2)19-17-28/h4-21,29,31-33,42H,3,22-25H2,1-2H3/t29-,31+,32+,33?,37-,38+/m1/s1. The summed E-state index contributed by atoms with van der Waals surface area (Å²) in [5, 5.41) is 10.9. The molecule has 3 aromatic carbocycles. The van der Waals surface area contributed by atoms with Crippen molar-refractivity contribution in [3.8, 4) is 5.75 Å². The highest BCUT2D eigenvalue weighted by atomic mass is 16.5. The van der Waals surface area contributed by atoms with E-state index in [4.69, 9.17) is 9.47 Å². The van der Waals surface area contributed by atoms with Crippen molar-refractivity contribution in [2.45, 2.75) is 43.1 Å². The Labute approximate surface area is 274 Å². The molecule has 47 heavy (non-hydrogen) atoms. The minimum absolute atomic E-state index is 0.223. The number of para-hydroxylation sites is 1. The average Bonchev–Trinajstić information content (AvgIpc) is 3.40. The number of hydrogen-bond donors (Lipinski definition) is 1. The first-order valence-electron chi connectivity index (χ1n) is 16.2. The summed E-state index contributed by atoms with van der Waals surface area (Å²) >= 11 is 0. The minimum Gasteiger partial charge on any atom is -0.497 e. The zero-order chi connectivity index (χ0) is 32.8. The smallest absolute Gasteiger partial charge is 0.253 e. The largest absolute Gasteiger partial charge is 0.497 e. The molecule has 242 valence electrons. The van der Waals surface area contributed by atoms with Crippen molar-refractivity contribution in [3.05, 3.63) is 115 Å². The molecule has 0 aromatic heterocycles. The Balaban J connectivity index is 1.38. The molecule has 1 spiro atoms. The minimum atomic E-state index is -1.44. The van der Waals surface area contributed by atoms with E-state index in [0.717, 1.165) is 11.3 Å². The van der Waals surface area contributed by atoms with Crippen molar-refractivity contribution in [2.75, 3.05) is 36.6 Å². The molecule has 3 amide bonds. The van der Waals surface area contributed by atoms with Gasteiger partial charge in [-0.2, -0.15) is 0 Å². The van der Waals surface area contributed by atoms with Crippen LogP contribution >= 0.6 is 0 Å². The molecule has 2 saturated heterocycles. The number of ether oxygens (including phenoxy) is 2. The molecule has 6 atom stereocenters. The molecule has 3 aromatic rings. The second-order valence-electron chi connectivity index (χ2n) is 12.6. The van der Waals surface area contributed by atoms with Crippen LogP contribution in [0.3, 0.4) is 0 Å². The van der Waals surface area contributed by atoms with Crippen molar-refractivity contribution >= 4 is 29.1 Å². The third kappa shape index (κ3) is 4.87. The Bertz CT molecular complexity index is 1710. The number of nitrogens with zero attached hydrogens (tertiary/aromatic N) is 3. The third-order valence-electron chi connectivity index (χ3n) is 10.2. The van der Waals surface area contributed by atoms with Crippen LogP contribution in [0.4, 0.5) is 11.4 Å². The van der Waals surface area contributed by atoms with E-state index < -0.39 is 35.1 Å². The van der Waals surface area contributed by atoms with E-state index in [2.05, 4.69) is 0 Å². The van der Waals surface area contributed by atoms with Crippen LogP contribution < -0.4 is 14.5 Å². The molecule has 0 aliphatic carbocycles. The molecular formula is C38H39N3O6. The van der Waals surface area contributed by atoms with Gasteiger partial charge in [-0.3, -0.25) is 14.4 Å². The van der Waals surface area contributed by atoms with Gasteiger partial charge in [0.1, 0.15) is 17.4 Å². The fourth-order valence-corrected chi connectivity index (χ4v) is 8.06. The number of amides is 3. The zero-order valence-electron chi connectivity index (χ0n) is 26.6. The Hall–Kier alpha value is -4.73. The van der Waals surface area contributed by atoms with E-state index in [1.807, 2.05) is 104 Å². The van der Waals surface area contributed by atoms with Crippen molar-refractivity contribution in [3.63, 3.8) is 0 Å². The number of benzene rings is 3. The Kier molecular flexibility index (Phi) is 7.98. The van der Waals surface area contributed by atoms with Gasteiger partial charge in [-0.15, -0.1) is 0 Å². The van der Waals surface area contributed by atoms with Crippen molar-refractivity contribution in [1.29, 1.82) is 0 Å². The molecule has 0 radical (unpaired) electrons. The molecule has 0 saturated carbocycles. The Morgan fingerprint density at radius 3 is 2.06 bits per heavy atom. The molecule has 7 rings (SSSR count). The van der Waals surface area contributed by atoms with Crippen molar-refractivity contribution < 1.29 is 29.0 Å². The number of rotatable bonds is 8. The number of aliphatic hydroxyl groups is 1. The maximum atomic E-state index is 15.1. The molecule has 2 fully saturated rings. The highest BCUT2D eigenvalue weighted by Crippen LogP contribution is 2.59. The highest BCUT2D eigenvalue weighted by molar-refractivity contribution is 6.07. The van der Waals surface area contributed by atoms with Gasteiger partial charge in [0.15, 0.2) is 0 Å². The molecule has 1 N–H and O–H groups in total. The first kappa shape index (κ1) is 30.9. The molecule has 4 heterocycles. The van der Waals surface area contributed by atoms with E-state index in [9.17, 15) is 14.7 Å². The number of anilines is 2. The summed E-state index contributed by atoms with van der Waals surface area (Å²) in [6, 6.07) is 24.4. The van der Waals surface area contributed by atoms with Crippen LogP contribution in [-0.2, 0) is 25.5 Å². The van der Waals surface area contributed by atoms with E-state index in [1.54, 1.807) is 29.0 Å². The summed E-state index contributed by atoms with van der Waals surface area (Å²) in [5.74, 6) is -2.15. The van der Waals surface area contributed by atoms with Gasteiger partial charge >= 0.3 is 0 Å². The number of carbonyl (C=O) groups excluding carboxylic acids is 3. The summed E-state index contributed by atoms with van der Waals surface area (Å²) in [5.41, 5.74) is -0.272. The fourth-order valence-electron chi connectivity index (χ4n) is 8.06. The lowest BCUT2D eigenvalue weighted by atomic mass is 9.73. The van der Waals surface area contributed by atoms with E-state index in [-0.39, 0.29) is 30.9 Å². The van der Waals surface area contributed by atoms with Crippen LogP contribution in [0.5, 0.6) is 5.75 Å². The fraction of sp³-hybridized carbons (Fsp3) is 0.342. The molecular weight excluding hydrogens is 594 g/mol. The monoisotopic (exact) mass is 633 g/mol. The number of hydrogen-bond acceptors (Lipinski definition) is 6. The van der Waals surface area contributed by atoms with E-state index >= 15 is 4.79 Å². The second kappa shape index (κ2) is 12.1. The quantitative estimate of drug-likeness (QED) is 0.374. The van der Waals surface area contributed by atoms with Gasteiger partial charge in [0, 0.05) is 24.5 Å². The normalized spacial score (nSPS) is 28.9. The number of carbonyl (C=O) groups is 3. The van der Waals surface area contributed by atoms with Gasteiger partial charge in [0.05, 0.1) is 37.2 Å². The van der Waals surface area contributed by atoms with Crippen LogP contribution in [0.15, 0.2) is 109 Å². The number of methoxy groups -OCH3 is 1. The van der Waals surface area contributed by atoms with Gasteiger partial charge in [-0.1, -0.05) is 79.8 Å². The maximum Gasteiger partial charge on any atom is 0.253 e. The van der Waals surface area contributed by atoms with Crippen LogP contribution in [0, 0.1) is 11.8 Å². The summed E-state index contributed by atoms with van der Waals surface area (Å²) in [4.78, 5) is 49.6. The second-order valence-corrected chi connectivity index (χ2v) is 12.6. The third-order valence-corrected chi connectivity index (χ3v) is 10.2. The van der Waals surface area contributed by atoms with Crippen molar-refractivity contribution in [1.82, 2.24) is 4.90 Å². The lowest BCUT2D eigenvalue weighted by molar-refractivity contribution is -0.149. The molecule has 0 bridgehead atoms. The lowest BCUT2D eigenvalue weighted by Crippen LogP contribution is -2.59. The summed E-state index contributed by atoms with van der Waals surface area (Å²) < 4.78 is 12.5. The molecule has 4 aliphatic rings. The predicted molar refractivity (Wildman–Crippen MR) is 178 cm³/mol. The van der Waals surface area contributed by atoms with E-state index in [0.29, 0.717) is 30.8 Å². The Morgan fingerprint density at radius 2 is 1.43 bits per heavy atom. The van der Waals surface area contributed by atoms with Gasteiger partial charge in [-0.25, -0.2) is 0 Å². The van der Waals surface area contributed by atoms with E-state index in [1.165, 1.54) is 4.90 Å². The number of likely N-dealkylation sites (tertiary alicyclic amines) is 1. The first-order chi connectivity index (χ1) is 22.9. The zero-order valence-corrected chi connectivity index (χ0v) is 26.6. The lowest BCUT2D eigenvalue weighted by Gasteiger charge is -2.41. The molecule has 9 nitrogen and oxygen atoms in total. The summed E-state index contributed by atoms with van der Waals surface area (Å²) in [6.45, 7) is 2.16. The first-order valence-corrected chi connectivity index (χ1v) is 16.2. The van der Waals surface area contributed by atoms with Crippen LogP contribution in [0.1, 0.15) is 18.9 Å². The molecule has 4 aliphatic heterocycles. The summed E-state index contributed by atoms with van der Waals surface area (Å²) in [7, 11) is 1.58. The SMILES string of the molecule is CC[C@@]12C=CCN(c3ccccc3)C(=O)[C@@H]1[C@H]1C(=O)N([C@@H](CO)Cc3ccccc3)C3C(=O)N(c4ccc(OC)cc4)CC=C[C@@]31O2. The van der Waals surface area contributed by atoms with Gasteiger partial charge in [-0.05, 0) is 54.8 Å². The van der Waals surface area contributed by atoms with Gasteiger partial charge in [0.2, 0.25) is 11.8 Å². The average molecular weight is 634 g/mol. The summed E-state index contributed by atoms with van der Waals surface area (Å²) in [6.07, 6.45) is 8.33. The van der Waals surface area contributed by atoms with Crippen molar-refractivity contribution in [2.24, 2.45) is 11.8 Å². The van der Waals surface area contributed by atoms with Gasteiger partial charge in [0.25, 0.3) is 5.91 Å². The number of aliphatic hydroxyl groups excluding tert-OH is 1. The highest BCUT2D eigenvalue weighted by Gasteiger charge is 2.76. The maximum absolute atomic E-state index is 15.1. The van der Waals surface area contributed by atoms with Crippen LogP contribution in [0.25, 0.3) is 0 Å². The Morgan fingerprint density at radius 1 is 0.809 bits per heavy atom. The van der Waals surface area contributed by atoms with Gasteiger partial charge < -0.3 is 29.3 Å².